The molecule has 0 bridgehead atoms. The number of fused-ring (bicyclic) bond motifs is 1. The van der Waals surface area contributed by atoms with E-state index in [0.29, 0.717) is 0 Å². The van der Waals surface area contributed by atoms with Crippen LogP contribution < -0.4 is 15.8 Å². The molecular formula is C16H23ClN2O2. The number of hydrogen-bond donors (Lipinski definition) is 2. The molecule has 5 heteroatoms. The molecule has 1 fully saturated rings. The van der Waals surface area contributed by atoms with E-state index in [9.17, 15) is 4.79 Å². The molecule has 3 atom stereocenters. The zero-order valence-corrected chi connectivity index (χ0v) is 12.9. The van der Waals surface area contributed by atoms with Crippen LogP contribution in [0, 0.1) is 5.92 Å². The number of carbonyl (C=O) groups excluding carboxylic acids is 1. The number of benzene rings is 1. The molecule has 0 spiro atoms. The smallest absolute Gasteiger partial charge is 0.223 e. The van der Waals surface area contributed by atoms with Crippen LogP contribution in [-0.2, 0) is 4.79 Å². The molecular weight excluding hydrogens is 288 g/mol. The van der Waals surface area contributed by atoms with Gasteiger partial charge in [0.2, 0.25) is 5.91 Å². The average Bonchev–Trinajstić information content (AvgIpc) is 2.79. The van der Waals surface area contributed by atoms with Crippen molar-refractivity contribution >= 4 is 18.3 Å². The lowest BCUT2D eigenvalue weighted by molar-refractivity contribution is -0.125. The Morgan fingerprint density at radius 1 is 1.24 bits per heavy atom. The van der Waals surface area contributed by atoms with Gasteiger partial charge in [0, 0.05) is 17.5 Å². The number of rotatable bonds is 2. The summed E-state index contributed by atoms with van der Waals surface area (Å²) in [6.07, 6.45) is 4.59. The van der Waals surface area contributed by atoms with Crippen LogP contribution in [0.4, 0.5) is 0 Å². The number of para-hydroxylation sites is 1. The second-order valence-electron chi connectivity index (χ2n) is 5.86. The van der Waals surface area contributed by atoms with E-state index in [-0.39, 0.29) is 36.3 Å². The maximum Gasteiger partial charge on any atom is 0.223 e. The van der Waals surface area contributed by atoms with Crippen LogP contribution in [0.15, 0.2) is 24.3 Å². The van der Waals surface area contributed by atoms with Gasteiger partial charge < -0.3 is 15.8 Å². The van der Waals surface area contributed by atoms with Gasteiger partial charge in [0.05, 0.1) is 12.6 Å². The summed E-state index contributed by atoms with van der Waals surface area (Å²) in [6.45, 7) is 0.720. The molecule has 3 unspecified atom stereocenters. The summed E-state index contributed by atoms with van der Waals surface area (Å²) in [4.78, 5) is 12.4. The Balaban J connectivity index is 0.00000161. The first-order valence-electron chi connectivity index (χ1n) is 7.51. The number of halogens is 1. The Morgan fingerprint density at radius 2 is 2.05 bits per heavy atom. The summed E-state index contributed by atoms with van der Waals surface area (Å²) < 4.78 is 5.73. The predicted octanol–water partition coefficient (Wildman–Crippen LogP) is 2.57. The summed E-state index contributed by atoms with van der Waals surface area (Å²) in [5.41, 5.74) is 7.00. The third kappa shape index (κ3) is 3.69. The van der Waals surface area contributed by atoms with E-state index in [1.165, 1.54) is 0 Å². The van der Waals surface area contributed by atoms with E-state index in [4.69, 9.17) is 10.5 Å². The summed E-state index contributed by atoms with van der Waals surface area (Å²) in [6, 6.07) is 8.25. The van der Waals surface area contributed by atoms with Crippen LogP contribution in [-0.4, -0.2) is 18.6 Å². The number of nitrogens with two attached hydrogens (primary N) is 1. The van der Waals surface area contributed by atoms with Crippen LogP contribution in [0.25, 0.3) is 0 Å². The van der Waals surface area contributed by atoms with Gasteiger partial charge in [0.1, 0.15) is 5.75 Å². The minimum atomic E-state index is 0. The number of amides is 1. The maximum atomic E-state index is 12.4. The van der Waals surface area contributed by atoms with Crippen molar-refractivity contribution in [3.8, 4) is 5.75 Å². The van der Waals surface area contributed by atoms with Crippen molar-refractivity contribution in [2.24, 2.45) is 11.7 Å². The van der Waals surface area contributed by atoms with Crippen LogP contribution in [0.1, 0.15) is 43.7 Å². The lowest BCUT2D eigenvalue weighted by Gasteiger charge is -2.20. The normalized spacial score (nSPS) is 27.8. The third-order valence-electron chi connectivity index (χ3n) is 4.35. The summed E-state index contributed by atoms with van der Waals surface area (Å²) in [7, 11) is 0. The minimum Gasteiger partial charge on any atom is -0.493 e. The highest BCUT2D eigenvalue weighted by atomic mass is 35.5. The Bertz CT molecular complexity index is 495. The molecule has 1 amide bonds. The van der Waals surface area contributed by atoms with Crippen molar-refractivity contribution in [1.82, 2.24) is 5.32 Å². The zero-order chi connectivity index (χ0) is 13.9. The molecule has 1 heterocycles. The SMILES string of the molecule is Cl.NC1CCC(C(=O)NC2CCCOc3ccccc32)C1. The number of nitrogens with one attached hydrogen (secondary N) is 1. The highest BCUT2D eigenvalue weighted by Crippen LogP contribution is 2.32. The number of ether oxygens (including phenoxy) is 1. The lowest BCUT2D eigenvalue weighted by atomic mass is 10.00. The number of carbonyl (C=O) groups is 1. The Labute approximate surface area is 131 Å². The quantitative estimate of drug-likeness (QED) is 0.882. The van der Waals surface area contributed by atoms with E-state index >= 15 is 0 Å². The van der Waals surface area contributed by atoms with Crippen LogP contribution in [0.3, 0.4) is 0 Å². The lowest BCUT2D eigenvalue weighted by Crippen LogP contribution is -2.33. The summed E-state index contributed by atoms with van der Waals surface area (Å²) >= 11 is 0. The van der Waals surface area contributed by atoms with Crippen molar-refractivity contribution in [3.63, 3.8) is 0 Å². The van der Waals surface area contributed by atoms with Gasteiger partial charge in [0.15, 0.2) is 0 Å². The van der Waals surface area contributed by atoms with Gasteiger partial charge in [-0.1, -0.05) is 18.2 Å². The highest BCUT2D eigenvalue weighted by Gasteiger charge is 2.30. The van der Waals surface area contributed by atoms with Gasteiger partial charge in [-0.3, -0.25) is 4.79 Å². The third-order valence-corrected chi connectivity index (χ3v) is 4.35. The van der Waals surface area contributed by atoms with Gasteiger partial charge in [-0.25, -0.2) is 0 Å². The van der Waals surface area contributed by atoms with Crippen molar-refractivity contribution < 1.29 is 9.53 Å². The largest absolute Gasteiger partial charge is 0.493 e. The maximum absolute atomic E-state index is 12.4. The number of hydrogen-bond acceptors (Lipinski definition) is 3. The average molecular weight is 311 g/mol. The predicted molar refractivity (Wildman–Crippen MR) is 84.6 cm³/mol. The van der Waals surface area contributed by atoms with Gasteiger partial charge in [0.25, 0.3) is 0 Å². The van der Waals surface area contributed by atoms with Gasteiger partial charge in [-0.05, 0) is 38.2 Å². The first kappa shape index (κ1) is 16.1. The molecule has 1 aliphatic carbocycles. The topological polar surface area (TPSA) is 64.4 Å². The Morgan fingerprint density at radius 3 is 2.81 bits per heavy atom. The molecule has 1 saturated carbocycles. The first-order valence-corrected chi connectivity index (χ1v) is 7.51. The van der Waals surface area contributed by atoms with Crippen molar-refractivity contribution in [3.05, 3.63) is 29.8 Å². The molecule has 0 saturated heterocycles. The first-order chi connectivity index (χ1) is 9.74. The fourth-order valence-corrected chi connectivity index (χ4v) is 3.22. The molecule has 0 radical (unpaired) electrons. The molecule has 1 aliphatic heterocycles. The molecule has 21 heavy (non-hydrogen) atoms. The Kier molecular flexibility index (Phi) is 5.48. The van der Waals surface area contributed by atoms with Gasteiger partial charge in [-0.15, -0.1) is 12.4 Å². The minimum absolute atomic E-state index is 0. The van der Waals surface area contributed by atoms with Gasteiger partial charge >= 0.3 is 0 Å². The molecule has 3 rings (SSSR count). The molecule has 1 aromatic carbocycles. The van der Waals surface area contributed by atoms with Crippen molar-refractivity contribution in [2.75, 3.05) is 6.61 Å². The molecule has 3 N–H and O–H groups in total. The highest BCUT2D eigenvalue weighted by molar-refractivity contribution is 5.85. The van der Waals surface area contributed by atoms with Crippen LogP contribution in [0.5, 0.6) is 5.75 Å². The molecule has 2 aliphatic rings. The summed E-state index contributed by atoms with van der Waals surface area (Å²) in [5.74, 6) is 1.14. The molecule has 116 valence electrons. The summed E-state index contributed by atoms with van der Waals surface area (Å²) in [5, 5.41) is 3.20. The van der Waals surface area contributed by atoms with E-state index in [1.807, 2.05) is 24.3 Å². The second kappa shape index (κ2) is 7.14. The van der Waals surface area contributed by atoms with Crippen LogP contribution >= 0.6 is 12.4 Å². The zero-order valence-electron chi connectivity index (χ0n) is 12.1. The van der Waals surface area contributed by atoms with Gasteiger partial charge in [-0.2, -0.15) is 0 Å². The molecule has 4 nitrogen and oxygen atoms in total. The van der Waals surface area contributed by atoms with E-state index in [0.717, 1.165) is 50.0 Å². The fraction of sp³-hybridized carbons (Fsp3) is 0.562. The van der Waals surface area contributed by atoms with E-state index < -0.39 is 0 Å². The van der Waals surface area contributed by atoms with E-state index in [2.05, 4.69) is 5.32 Å². The Hall–Kier alpha value is -1.26. The molecule has 0 aromatic heterocycles. The fourth-order valence-electron chi connectivity index (χ4n) is 3.22. The standard InChI is InChI=1S/C16H22N2O2.ClH/c17-12-8-7-11(10-12)16(19)18-14-5-3-9-20-15-6-2-1-4-13(14)15;/h1-2,4,6,11-12,14H,3,5,7-10,17H2,(H,18,19);1H. The monoisotopic (exact) mass is 310 g/mol. The van der Waals surface area contributed by atoms with Crippen molar-refractivity contribution in [2.45, 2.75) is 44.2 Å². The van der Waals surface area contributed by atoms with Crippen LogP contribution in [0.2, 0.25) is 0 Å². The second-order valence-corrected chi connectivity index (χ2v) is 5.86. The van der Waals surface area contributed by atoms with E-state index in [1.54, 1.807) is 0 Å². The van der Waals surface area contributed by atoms with Crippen molar-refractivity contribution in [1.29, 1.82) is 0 Å². The molecule has 1 aromatic rings.